The van der Waals surface area contributed by atoms with E-state index in [1.807, 2.05) is 29.0 Å². The number of benzene rings is 3. The maximum atomic E-state index is 14.9. The number of nitrogens with one attached hydrogen (secondary N) is 2. The molecule has 0 aromatic heterocycles. The molecule has 3 aromatic carbocycles. The van der Waals surface area contributed by atoms with Gasteiger partial charge in [0, 0.05) is 0 Å². The summed E-state index contributed by atoms with van der Waals surface area (Å²) in [7, 11) is -3.72. The van der Waals surface area contributed by atoms with Crippen molar-refractivity contribution in [2.45, 2.75) is 52.5 Å². The second-order valence-corrected chi connectivity index (χ2v) is 13.1. The van der Waals surface area contributed by atoms with Crippen molar-refractivity contribution in [3.8, 4) is 11.1 Å². The van der Waals surface area contributed by atoms with Gasteiger partial charge in [0.2, 0.25) is 10.0 Å². The fraction of sp³-hybridized carbons (Fsp3) is 0.345. The minimum atomic E-state index is -3.72. The van der Waals surface area contributed by atoms with E-state index in [0.717, 1.165) is 28.5 Å². The number of sulfonamides is 1. The molecule has 0 saturated carbocycles. The summed E-state index contributed by atoms with van der Waals surface area (Å²) in [5.41, 5.74) is 5.11. The van der Waals surface area contributed by atoms with E-state index in [-0.39, 0.29) is 28.3 Å². The van der Waals surface area contributed by atoms with Gasteiger partial charge in [-0.3, -0.25) is 4.79 Å². The molecule has 0 fully saturated rings. The van der Waals surface area contributed by atoms with Crippen LogP contribution < -0.4 is 10.0 Å². The Bertz CT molecular complexity index is 1420. The summed E-state index contributed by atoms with van der Waals surface area (Å²) in [6.07, 6.45) is 1.58. The highest BCUT2D eigenvalue weighted by Crippen LogP contribution is 2.46. The third-order valence-corrected chi connectivity index (χ3v) is 7.28. The number of fused-ring (bicyclic) bond motifs is 1. The van der Waals surface area contributed by atoms with Crippen molar-refractivity contribution in [3.05, 3.63) is 88.7 Å². The lowest BCUT2D eigenvalue weighted by molar-refractivity contribution is 0.0981. The number of carbonyl (C=O) groups is 1. The van der Waals surface area contributed by atoms with Crippen molar-refractivity contribution in [2.75, 3.05) is 11.6 Å². The molecule has 0 bridgehead atoms. The summed E-state index contributed by atoms with van der Waals surface area (Å²) in [4.78, 5) is 12.7. The van der Waals surface area contributed by atoms with E-state index in [1.165, 1.54) is 17.7 Å². The number of amides is 1. The third-order valence-electron chi connectivity index (χ3n) is 6.73. The van der Waals surface area contributed by atoms with E-state index in [4.69, 9.17) is 0 Å². The summed E-state index contributed by atoms with van der Waals surface area (Å²) in [6.45, 7) is 10.7. The Hall–Kier alpha value is -3.19. The molecule has 7 heteroatoms. The van der Waals surface area contributed by atoms with E-state index in [9.17, 15) is 17.6 Å². The zero-order valence-corrected chi connectivity index (χ0v) is 22.4. The normalized spacial score (nSPS) is 17.1. The van der Waals surface area contributed by atoms with Gasteiger partial charge >= 0.3 is 0 Å². The van der Waals surface area contributed by atoms with Crippen LogP contribution in [-0.2, 0) is 21.9 Å². The molecule has 2 N–H and O–H groups in total. The van der Waals surface area contributed by atoms with Crippen LogP contribution in [-0.4, -0.2) is 20.6 Å². The standard InChI is InChI=1S/C29H33FN2O3S/c1-28(2,3)22-12-10-18(11-13-22)20-14-21(16-23(30)15-20)26-29(4,5)17-19-8-7-9-24(25(19)31-26)27(33)32-36(6,34)35/h7-16,26,31H,17H2,1-6H3,(H,32,33). The van der Waals surface area contributed by atoms with Crippen molar-refractivity contribution in [1.82, 2.24) is 4.72 Å². The number of carbonyl (C=O) groups excluding carboxylic acids is 1. The smallest absolute Gasteiger partial charge is 0.266 e. The minimum absolute atomic E-state index is 0.0240. The fourth-order valence-electron chi connectivity index (χ4n) is 4.91. The molecule has 1 amide bonds. The lowest BCUT2D eigenvalue weighted by Crippen LogP contribution is -2.37. The molecule has 3 aromatic rings. The average Bonchev–Trinajstić information content (AvgIpc) is 2.75. The SMILES string of the molecule is CC(C)(C)c1ccc(-c2cc(F)cc(C3Nc4c(cccc4C(=O)NS(C)(=O)=O)CC3(C)C)c2)cc1. The van der Waals surface area contributed by atoms with Crippen LogP contribution in [0.25, 0.3) is 11.1 Å². The Morgan fingerprint density at radius 1 is 1.03 bits per heavy atom. The van der Waals surface area contributed by atoms with Gasteiger partial charge in [-0.2, -0.15) is 0 Å². The molecule has 36 heavy (non-hydrogen) atoms. The molecular weight excluding hydrogens is 475 g/mol. The van der Waals surface area contributed by atoms with Crippen LogP contribution in [0.4, 0.5) is 10.1 Å². The topological polar surface area (TPSA) is 75.3 Å². The molecule has 1 aliphatic rings. The molecule has 5 nitrogen and oxygen atoms in total. The molecule has 1 unspecified atom stereocenters. The second kappa shape index (κ2) is 9.04. The van der Waals surface area contributed by atoms with Crippen LogP contribution in [0.5, 0.6) is 0 Å². The predicted molar refractivity (Wildman–Crippen MR) is 143 cm³/mol. The van der Waals surface area contributed by atoms with Gasteiger partial charge in [-0.1, -0.05) is 71.0 Å². The quantitative estimate of drug-likeness (QED) is 0.439. The van der Waals surface area contributed by atoms with Gasteiger partial charge in [-0.25, -0.2) is 17.5 Å². The van der Waals surface area contributed by atoms with Crippen molar-refractivity contribution in [3.63, 3.8) is 0 Å². The van der Waals surface area contributed by atoms with Gasteiger partial charge in [-0.05, 0) is 69.3 Å². The predicted octanol–water partition coefficient (Wildman–Crippen LogP) is 6.22. The first-order chi connectivity index (χ1) is 16.6. The van der Waals surface area contributed by atoms with Gasteiger partial charge in [0.25, 0.3) is 5.91 Å². The van der Waals surface area contributed by atoms with Crippen LogP contribution >= 0.6 is 0 Å². The van der Waals surface area contributed by atoms with Gasteiger partial charge in [0.05, 0.1) is 23.5 Å². The summed E-state index contributed by atoms with van der Waals surface area (Å²) >= 11 is 0. The first-order valence-electron chi connectivity index (χ1n) is 12.0. The zero-order chi connectivity index (χ0) is 26.5. The Kier molecular flexibility index (Phi) is 6.50. The van der Waals surface area contributed by atoms with Crippen LogP contribution in [0.15, 0.2) is 60.7 Å². The summed E-state index contributed by atoms with van der Waals surface area (Å²) < 4.78 is 40.3. The number of hydrogen-bond donors (Lipinski definition) is 2. The number of anilines is 1. The summed E-state index contributed by atoms with van der Waals surface area (Å²) in [6, 6.07) is 18.2. The highest BCUT2D eigenvalue weighted by Gasteiger charge is 2.38. The van der Waals surface area contributed by atoms with Gasteiger partial charge in [0.15, 0.2) is 0 Å². The molecular formula is C29H33FN2O3S. The first-order valence-corrected chi connectivity index (χ1v) is 13.9. The van der Waals surface area contributed by atoms with Crippen molar-refractivity contribution >= 4 is 21.6 Å². The van der Waals surface area contributed by atoms with Gasteiger partial charge in [-0.15, -0.1) is 0 Å². The number of rotatable bonds is 4. The highest BCUT2D eigenvalue weighted by atomic mass is 32.2. The molecule has 0 aliphatic carbocycles. The molecule has 4 rings (SSSR count). The lowest BCUT2D eigenvalue weighted by atomic mass is 9.72. The summed E-state index contributed by atoms with van der Waals surface area (Å²) in [5.74, 6) is -1.03. The van der Waals surface area contributed by atoms with Crippen LogP contribution in [0.2, 0.25) is 0 Å². The molecule has 1 aliphatic heterocycles. The van der Waals surface area contributed by atoms with Crippen molar-refractivity contribution in [1.29, 1.82) is 0 Å². The maximum absolute atomic E-state index is 14.9. The third kappa shape index (κ3) is 5.46. The van der Waals surface area contributed by atoms with Gasteiger partial charge in [0.1, 0.15) is 5.82 Å². The largest absolute Gasteiger partial charge is 0.377 e. The van der Waals surface area contributed by atoms with Gasteiger partial charge < -0.3 is 5.32 Å². The van der Waals surface area contributed by atoms with E-state index in [1.54, 1.807) is 12.1 Å². The Balaban J connectivity index is 1.74. The monoisotopic (exact) mass is 508 g/mol. The Labute approximate surface area is 213 Å². The maximum Gasteiger partial charge on any atom is 0.266 e. The molecule has 190 valence electrons. The summed E-state index contributed by atoms with van der Waals surface area (Å²) in [5, 5.41) is 3.45. The lowest BCUT2D eigenvalue weighted by Gasteiger charge is -2.42. The van der Waals surface area contributed by atoms with E-state index in [2.05, 4.69) is 52.1 Å². The van der Waals surface area contributed by atoms with Crippen molar-refractivity contribution in [2.24, 2.45) is 5.41 Å². The molecule has 0 spiro atoms. The van der Waals surface area contributed by atoms with Crippen LogP contribution in [0.3, 0.4) is 0 Å². The van der Waals surface area contributed by atoms with E-state index in [0.29, 0.717) is 12.1 Å². The molecule has 0 saturated heterocycles. The van der Waals surface area contributed by atoms with E-state index >= 15 is 0 Å². The zero-order valence-electron chi connectivity index (χ0n) is 21.6. The van der Waals surface area contributed by atoms with Crippen molar-refractivity contribution < 1.29 is 17.6 Å². The molecule has 1 heterocycles. The average molecular weight is 509 g/mol. The van der Waals surface area contributed by atoms with Crippen LogP contribution in [0, 0.1) is 11.2 Å². The van der Waals surface area contributed by atoms with E-state index < -0.39 is 15.9 Å². The minimum Gasteiger partial charge on any atom is -0.377 e. The molecule has 1 atom stereocenters. The first kappa shape index (κ1) is 25.9. The number of para-hydroxylation sites is 1. The second-order valence-electron chi connectivity index (χ2n) is 11.4. The Morgan fingerprint density at radius 2 is 1.69 bits per heavy atom. The Morgan fingerprint density at radius 3 is 2.31 bits per heavy atom. The number of halogens is 1. The number of hydrogen-bond acceptors (Lipinski definition) is 4. The fourth-order valence-corrected chi connectivity index (χ4v) is 5.35. The van der Waals surface area contributed by atoms with Crippen LogP contribution in [0.1, 0.15) is 67.7 Å². The molecule has 0 radical (unpaired) electrons. The highest BCUT2D eigenvalue weighted by molar-refractivity contribution is 7.89.